The third kappa shape index (κ3) is 7.96. The molecule has 3 N–H and O–H groups in total. The Bertz CT molecular complexity index is 2490. The second-order valence-electron chi connectivity index (χ2n) is 17.0. The van der Waals surface area contributed by atoms with Crippen LogP contribution < -0.4 is 20.9 Å². The number of amides is 4. The van der Waals surface area contributed by atoms with E-state index >= 15 is 0 Å². The van der Waals surface area contributed by atoms with E-state index in [0.29, 0.717) is 35.9 Å². The molecule has 10 rings (SSSR count). The lowest BCUT2D eigenvalue weighted by atomic mass is 9.85. The summed E-state index contributed by atoms with van der Waals surface area (Å²) in [5.41, 5.74) is 1.96. The molecule has 2 bridgehead atoms. The van der Waals surface area contributed by atoms with Crippen LogP contribution in [0.15, 0.2) is 53.5 Å². The van der Waals surface area contributed by atoms with Crippen LogP contribution in [0.4, 0.5) is 26.0 Å². The highest BCUT2D eigenvalue weighted by molar-refractivity contribution is 6.08. The van der Waals surface area contributed by atoms with Crippen molar-refractivity contribution in [1.29, 1.82) is 0 Å². The zero-order valence-electron chi connectivity index (χ0n) is 33.5. The monoisotopic (exact) mass is 839 g/mol. The molecular formula is C42H47F2N11O6. The Morgan fingerprint density at radius 1 is 0.984 bits per heavy atom. The number of aromatic nitrogens is 5. The summed E-state index contributed by atoms with van der Waals surface area (Å²) in [5.74, 6) is -0.562. The Morgan fingerprint density at radius 2 is 1.80 bits per heavy atom. The van der Waals surface area contributed by atoms with Gasteiger partial charge < -0.3 is 29.6 Å². The molecule has 0 unspecified atom stereocenters. The highest BCUT2D eigenvalue weighted by atomic mass is 19.3. The van der Waals surface area contributed by atoms with E-state index in [1.54, 1.807) is 29.3 Å². The fourth-order valence-corrected chi connectivity index (χ4v) is 9.78. The van der Waals surface area contributed by atoms with E-state index in [0.717, 1.165) is 88.1 Å². The molecule has 1 aromatic carbocycles. The number of furan rings is 1. The fourth-order valence-electron chi connectivity index (χ4n) is 9.78. The van der Waals surface area contributed by atoms with E-state index < -0.39 is 23.9 Å². The molecule has 4 saturated heterocycles. The number of nitrogens with one attached hydrogen (secondary N) is 3. The first-order valence-corrected chi connectivity index (χ1v) is 21.1. The van der Waals surface area contributed by atoms with Gasteiger partial charge in [0, 0.05) is 80.8 Å². The third-order valence-electron chi connectivity index (χ3n) is 13.1. The van der Waals surface area contributed by atoms with E-state index in [1.165, 1.54) is 16.9 Å². The standard InChI is InChI=1S/C42H47F2N11O6/c43-39(44)38-33(47-42(59)31-17-45-54-10-9-35(48-40(31)54)53-19-28-16-27(53)22-60-28)20-55(50-38)26-4-1-24(2-5-26)18-51-11-13-52(14-12-51)21-37(57)46-25-3-6-29-32(23-61-34(29)15-25)30-7-8-36(56)49-41(30)58/h3,6,9-10,15,17,20,23-24,26-28,30,39H,1-2,4-5,7-8,11-14,16,18-19,21-22H2,(H,46,57)(H,47,59)(H,49,56,58)/t24?,26?,27-,28-,30-/m0/s1. The smallest absolute Gasteiger partial charge is 0.284 e. The Labute approximate surface area is 348 Å². The van der Waals surface area contributed by atoms with E-state index in [-0.39, 0.29) is 60.1 Å². The number of imide groups is 1. The molecule has 17 nitrogen and oxygen atoms in total. The molecule has 5 fully saturated rings. The van der Waals surface area contributed by atoms with Gasteiger partial charge in [-0.15, -0.1) is 0 Å². The molecule has 4 aliphatic heterocycles. The van der Waals surface area contributed by atoms with Crippen LogP contribution in [0.25, 0.3) is 16.6 Å². The van der Waals surface area contributed by atoms with Crippen LogP contribution in [0.3, 0.4) is 0 Å². The number of carbonyl (C=O) groups is 4. The maximum atomic E-state index is 14.3. The predicted molar refractivity (Wildman–Crippen MR) is 217 cm³/mol. The molecule has 0 radical (unpaired) electrons. The van der Waals surface area contributed by atoms with Crippen LogP contribution in [0, 0.1) is 5.92 Å². The number of hydrogen-bond acceptors (Lipinski definition) is 12. The Morgan fingerprint density at radius 3 is 2.56 bits per heavy atom. The molecule has 5 aliphatic rings. The van der Waals surface area contributed by atoms with Crippen LogP contribution in [0.1, 0.15) is 84.9 Å². The minimum Gasteiger partial charge on any atom is -0.464 e. The quantitative estimate of drug-likeness (QED) is 0.160. The maximum absolute atomic E-state index is 14.3. The van der Waals surface area contributed by atoms with Gasteiger partial charge in [0.25, 0.3) is 12.3 Å². The normalized spacial score (nSPS) is 24.9. The van der Waals surface area contributed by atoms with Gasteiger partial charge in [-0.25, -0.2) is 18.3 Å². The van der Waals surface area contributed by atoms with Gasteiger partial charge in [0.05, 0.1) is 55.4 Å². The predicted octanol–water partition coefficient (Wildman–Crippen LogP) is 4.35. The number of halogens is 2. The SMILES string of the molecule is O=C1CC[C@@H](c2coc3cc(NC(=O)CN4CCN(CC5CCC(n6cc(NC(=O)c7cnn8ccc(N9C[C@@H]%10C[C@H]9CO%10)nc78)c(C(F)F)n6)CC5)CC4)ccc23)C(=O)N1. The number of fused-ring (bicyclic) bond motifs is 4. The molecule has 1 aliphatic carbocycles. The number of piperazine rings is 1. The van der Waals surface area contributed by atoms with Gasteiger partial charge in [-0.3, -0.25) is 34.1 Å². The first-order chi connectivity index (χ1) is 29.6. The van der Waals surface area contributed by atoms with Crippen LogP contribution in [-0.4, -0.2) is 122 Å². The van der Waals surface area contributed by atoms with Crippen LogP contribution >= 0.6 is 0 Å². The van der Waals surface area contributed by atoms with Gasteiger partial charge in [0.1, 0.15) is 17.0 Å². The number of piperidine rings is 1. The molecular weight excluding hydrogens is 793 g/mol. The van der Waals surface area contributed by atoms with Crippen LogP contribution in [0.5, 0.6) is 0 Å². The van der Waals surface area contributed by atoms with E-state index in [1.807, 2.05) is 12.1 Å². The van der Waals surface area contributed by atoms with Gasteiger partial charge in [0.2, 0.25) is 17.7 Å². The van der Waals surface area contributed by atoms with Gasteiger partial charge in [-0.1, -0.05) is 0 Å². The molecule has 4 amide bonds. The van der Waals surface area contributed by atoms with Gasteiger partial charge >= 0.3 is 0 Å². The molecule has 19 heteroatoms. The largest absolute Gasteiger partial charge is 0.464 e. The minimum atomic E-state index is -2.87. The second kappa shape index (κ2) is 16.2. The topological polar surface area (TPSA) is 184 Å². The zero-order chi connectivity index (χ0) is 41.8. The summed E-state index contributed by atoms with van der Waals surface area (Å²) in [6.07, 6.45) is 8.62. The second-order valence-corrected chi connectivity index (χ2v) is 17.0. The van der Waals surface area contributed by atoms with E-state index in [4.69, 9.17) is 14.1 Å². The molecule has 320 valence electrons. The number of morpholine rings is 1. The summed E-state index contributed by atoms with van der Waals surface area (Å²) < 4.78 is 43.1. The summed E-state index contributed by atoms with van der Waals surface area (Å²) in [6.45, 7) is 5.76. The number of alkyl halides is 2. The molecule has 8 heterocycles. The molecule has 1 saturated carbocycles. The molecule has 0 spiro atoms. The van der Waals surface area contributed by atoms with Crippen molar-refractivity contribution in [2.75, 3.05) is 68.0 Å². The first kappa shape index (κ1) is 39.4. The lowest BCUT2D eigenvalue weighted by Crippen LogP contribution is -2.49. The van der Waals surface area contributed by atoms with E-state index in [2.05, 4.69) is 40.8 Å². The summed E-state index contributed by atoms with van der Waals surface area (Å²) in [6, 6.07) is 7.42. The Balaban J connectivity index is 0.689. The number of nitrogens with zero attached hydrogens (tertiary/aromatic N) is 8. The summed E-state index contributed by atoms with van der Waals surface area (Å²) in [4.78, 5) is 62.0. The number of anilines is 3. The van der Waals surface area contributed by atoms with Crippen molar-refractivity contribution in [2.24, 2.45) is 5.92 Å². The lowest BCUT2D eigenvalue weighted by molar-refractivity contribution is -0.134. The number of carbonyl (C=O) groups excluding carboxylic acids is 4. The highest BCUT2D eigenvalue weighted by Gasteiger charge is 2.40. The van der Waals surface area contributed by atoms with Crippen molar-refractivity contribution in [3.8, 4) is 0 Å². The third-order valence-corrected chi connectivity index (χ3v) is 13.1. The average Bonchev–Trinajstić information content (AvgIpc) is 4.11. The number of rotatable bonds is 11. The Hall–Kier alpha value is -5.79. The maximum Gasteiger partial charge on any atom is 0.284 e. The number of benzene rings is 1. The van der Waals surface area contributed by atoms with Crippen molar-refractivity contribution < 1.29 is 37.1 Å². The summed E-state index contributed by atoms with van der Waals surface area (Å²) >= 11 is 0. The van der Waals surface area contributed by atoms with E-state index in [9.17, 15) is 28.0 Å². The minimum absolute atomic E-state index is 0.0163. The fraction of sp³-hybridized carbons (Fsp3) is 0.500. The summed E-state index contributed by atoms with van der Waals surface area (Å²) in [5, 5.41) is 17.4. The van der Waals surface area contributed by atoms with Crippen LogP contribution in [0.2, 0.25) is 0 Å². The number of hydrogen-bond donors (Lipinski definition) is 3. The molecule has 3 atom stereocenters. The van der Waals surface area contributed by atoms with Crippen molar-refractivity contribution in [2.45, 2.75) is 75.5 Å². The van der Waals surface area contributed by atoms with Crippen molar-refractivity contribution >= 4 is 57.4 Å². The van der Waals surface area contributed by atoms with Gasteiger partial charge in [0.15, 0.2) is 11.3 Å². The zero-order valence-corrected chi connectivity index (χ0v) is 33.5. The molecule has 5 aromatic rings. The van der Waals surface area contributed by atoms with Gasteiger partial charge in [-0.05, 0) is 62.6 Å². The number of ether oxygens (including phenoxy) is 1. The van der Waals surface area contributed by atoms with Crippen molar-refractivity contribution in [3.05, 3.63) is 65.9 Å². The average molecular weight is 840 g/mol. The Kier molecular flexibility index (Phi) is 10.5. The highest BCUT2D eigenvalue weighted by Crippen LogP contribution is 2.37. The lowest BCUT2D eigenvalue weighted by Gasteiger charge is -2.38. The van der Waals surface area contributed by atoms with Crippen molar-refractivity contribution in [3.63, 3.8) is 0 Å². The van der Waals surface area contributed by atoms with Gasteiger partial charge in [-0.2, -0.15) is 10.2 Å². The molecule has 4 aromatic heterocycles. The van der Waals surface area contributed by atoms with Crippen molar-refractivity contribution in [1.82, 2.24) is 39.5 Å². The van der Waals surface area contributed by atoms with Crippen LogP contribution in [-0.2, 0) is 19.1 Å². The molecule has 61 heavy (non-hydrogen) atoms. The summed E-state index contributed by atoms with van der Waals surface area (Å²) in [7, 11) is 0. The first-order valence-electron chi connectivity index (χ1n) is 21.1.